The molecule has 0 saturated carbocycles. The van der Waals surface area contributed by atoms with Crippen LogP contribution in [0.4, 0.5) is 5.69 Å². The lowest BCUT2D eigenvalue weighted by atomic mass is 9.80. The first kappa shape index (κ1) is 48.1. The Bertz CT molecular complexity index is 2230. The molecule has 0 saturated heterocycles. The molecule has 0 radical (unpaired) electrons. The van der Waals surface area contributed by atoms with Gasteiger partial charge in [-0.15, -0.1) is 0 Å². The standard InChI is InChI=1S/C49H56N2O10SSi/c1-48(2,3)63(7,8)61-44-31-40(57-5)30-41(46(53)59-32-35-24-26-39(27-25-35)51(55)56)42(44)33-62-34-43(47(54)58-6)50(4)45(52)28-29-60-49(36-18-12-9-13-19-36,37-20-14-10-15-21-37)38-22-16-11-17-23-38/h9-27,30-31,43H,28-29,32-34H2,1-8H3. The van der Waals surface area contributed by atoms with Gasteiger partial charge in [0.15, 0.2) is 0 Å². The molecule has 1 atom stereocenters. The van der Waals surface area contributed by atoms with Gasteiger partial charge >= 0.3 is 11.9 Å². The Morgan fingerprint density at radius 2 is 1.35 bits per heavy atom. The Morgan fingerprint density at radius 3 is 1.83 bits per heavy atom. The van der Waals surface area contributed by atoms with Crippen molar-refractivity contribution in [2.75, 3.05) is 33.6 Å². The zero-order valence-electron chi connectivity index (χ0n) is 37.1. The summed E-state index contributed by atoms with van der Waals surface area (Å²) in [5, 5.41) is 11.0. The second-order valence-electron chi connectivity index (χ2n) is 16.5. The van der Waals surface area contributed by atoms with Gasteiger partial charge in [0.1, 0.15) is 29.7 Å². The molecule has 12 nitrogen and oxygen atoms in total. The second kappa shape index (κ2) is 21.4. The monoisotopic (exact) mass is 892 g/mol. The normalized spacial score (nSPS) is 12.2. The third-order valence-corrected chi connectivity index (χ3v) is 16.7. The summed E-state index contributed by atoms with van der Waals surface area (Å²) >= 11 is 1.33. The molecule has 14 heteroatoms. The Balaban J connectivity index is 1.38. The van der Waals surface area contributed by atoms with Gasteiger partial charge in [-0.1, -0.05) is 112 Å². The van der Waals surface area contributed by atoms with E-state index in [1.165, 1.54) is 55.1 Å². The number of methoxy groups -OCH3 is 2. The maximum Gasteiger partial charge on any atom is 0.339 e. The molecular formula is C49H56N2O10SSi. The SMILES string of the molecule is COC(=O)C(CSCc1c(O[Si](C)(C)C(C)(C)C)cc(OC)cc1C(=O)OCc1ccc([N+](=O)[O-])cc1)N(C)C(=O)CCOC(c1ccccc1)(c1ccccc1)c1ccccc1. The maximum absolute atomic E-state index is 14.0. The molecule has 0 fully saturated rings. The van der Waals surface area contributed by atoms with Gasteiger partial charge in [-0.25, -0.2) is 9.59 Å². The molecule has 0 aliphatic carbocycles. The minimum atomic E-state index is -2.48. The molecular weight excluding hydrogens is 837 g/mol. The molecule has 0 bridgehead atoms. The number of hydrogen-bond acceptors (Lipinski definition) is 11. The fourth-order valence-electron chi connectivity index (χ4n) is 6.69. The predicted molar refractivity (Wildman–Crippen MR) is 248 cm³/mol. The molecule has 0 aliphatic heterocycles. The highest BCUT2D eigenvalue weighted by molar-refractivity contribution is 7.98. The minimum Gasteiger partial charge on any atom is -0.543 e. The molecule has 0 aromatic heterocycles. The molecule has 332 valence electrons. The van der Waals surface area contributed by atoms with E-state index in [4.69, 9.17) is 23.4 Å². The smallest absolute Gasteiger partial charge is 0.339 e. The third kappa shape index (κ3) is 11.7. The highest BCUT2D eigenvalue weighted by atomic mass is 32.2. The van der Waals surface area contributed by atoms with Crippen molar-refractivity contribution in [1.82, 2.24) is 4.90 Å². The molecule has 0 N–H and O–H groups in total. The number of non-ortho nitro benzene ring substituents is 1. The lowest BCUT2D eigenvalue weighted by Gasteiger charge is -2.37. The zero-order chi connectivity index (χ0) is 45.8. The summed E-state index contributed by atoms with van der Waals surface area (Å²) in [6.45, 7) is 10.4. The second-order valence-corrected chi connectivity index (χ2v) is 22.2. The summed E-state index contributed by atoms with van der Waals surface area (Å²) < 4.78 is 30.2. The number of carbonyl (C=O) groups is 3. The van der Waals surface area contributed by atoms with Crippen molar-refractivity contribution in [2.24, 2.45) is 0 Å². The highest BCUT2D eigenvalue weighted by Gasteiger charge is 2.41. The zero-order valence-corrected chi connectivity index (χ0v) is 38.9. The third-order valence-electron chi connectivity index (χ3n) is 11.4. The Labute approximate surface area is 375 Å². The number of likely N-dealkylation sites (N-methyl/N-ethyl adjacent to an activating group) is 1. The first-order chi connectivity index (χ1) is 30.0. The van der Waals surface area contributed by atoms with Crippen LogP contribution < -0.4 is 9.16 Å². The van der Waals surface area contributed by atoms with E-state index in [1.807, 2.05) is 91.0 Å². The molecule has 1 unspecified atom stereocenters. The van der Waals surface area contributed by atoms with Crippen molar-refractivity contribution in [3.8, 4) is 11.5 Å². The van der Waals surface area contributed by atoms with Crippen molar-refractivity contribution in [1.29, 1.82) is 0 Å². The van der Waals surface area contributed by atoms with Crippen LogP contribution in [-0.4, -0.2) is 75.7 Å². The Kier molecular flexibility index (Phi) is 16.3. The lowest BCUT2D eigenvalue weighted by Crippen LogP contribution is -2.45. The van der Waals surface area contributed by atoms with E-state index >= 15 is 0 Å². The Morgan fingerprint density at radius 1 is 0.810 bits per heavy atom. The molecule has 5 rings (SSSR count). The van der Waals surface area contributed by atoms with Crippen LogP contribution in [-0.2, 0) is 41.8 Å². The first-order valence-corrected chi connectivity index (χ1v) is 24.6. The van der Waals surface area contributed by atoms with Crippen molar-refractivity contribution < 1.29 is 42.7 Å². The number of ether oxygens (including phenoxy) is 4. The van der Waals surface area contributed by atoms with Gasteiger partial charge in [0, 0.05) is 42.3 Å². The van der Waals surface area contributed by atoms with E-state index in [0.29, 0.717) is 22.6 Å². The highest BCUT2D eigenvalue weighted by Crippen LogP contribution is 2.42. The van der Waals surface area contributed by atoms with Crippen LogP contribution in [0.5, 0.6) is 11.5 Å². The predicted octanol–water partition coefficient (Wildman–Crippen LogP) is 9.98. The number of nitrogens with zero attached hydrogens (tertiary/aromatic N) is 2. The number of rotatable bonds is 20. The number of amides is 1. The number of benzene rings is 5. The van der Waals surface area contributed by atoms with Gasteiger partial charge in [-0.3, -0.25) is 14.9 Å². The summed E-state index contributed by atoms with van der Waals surface area (Å²) in [4.78, 5) is 53.3. The summed E-state index contributed by atoms with van der Waals surface area (Å²) in [6.07, 6.45) is -0.0311. The van der Waals surface area contributed by atoms with Gasteiger partial charge in [0.25, 0.3) is 5.69 Å². The fourth-order valence-corrected chi connectivity index (χ4v) is 8.93. The summed E-state index contributed by atoms with van der Waals surface area (Å²) in [6, 6.07) is 37.7. The van der Waals surface area contributed by atoms with Gasteiger partial charge in [0.2, 0.25) is 14.2 Å². The van der Waals surface area contributed by atoms with Gasteiger partial charge in [-0.05, 0) is 58.6 Å². The fraction of sp³-hybridized carbons (Fsp3) is 0.327. The number of nitro groups is 1. The van der Waals surface area contributed by atoms with Crippen LogP contribution in [0.2, 0.25) is 18.1 Å². The number of carbonyl (C=O) groups excluding carboxylic acids is 3. The van der Waals surface area contributed by atoms with Crippen molar-refractivity contribution in [3.63, 3.8) is 0 Å². The van der Waals surface area contributed by atoms with Crippen LogP contribution in [0.3, 0.4) is 0 Å². The molecule has 0 spiro atoms. The summed E-state index contributed by atoms with van der Waals surface area (Å²) in [5.74, 6) is -0.417. The first-order valence-electron chi connectivity index (χ1n) is 20.5. The van der Waals surface area contributed by atoms with E-state index in [0.717, 1.165) is 16.7 Å². The van der Waals surface area contributed by atoms with Crippen molar-refractivity contribution in [3.05, 3.63) is 171 Å². The number of nitro benzene ring substituents is 1. The molecule has 0 heterocycles. The molecule has 5 aromatic carbocycles. The molecule has 0 aliphatic rings. The average molecular weight is 893 g/mol. The minimum absolute atomic E-state index is 0.0311. The van der Waals surface area contributed by atoms with Gasteiger partial charge in [0.05, 0.1) is 37.7 Å². The molecule has 5 aromatic rings. The van der Waals surface area contributed by atoms with Crippen molar-refractivity contribution in [2.45, 2.75) is 69.3 Å². The van der Waals surface area contributed by atoms with E-state index in [9.17, 15) is 24.5 Å². The maximum atomic E-state index is 14.0. The quantitative estimate of drug-likeness (QED) is 0.0242. The van der Waals surface area contributed by atoms with Crippen LogP contribution in [0.1, 0.15) is 65.4 Å². The number of thioether (sulfide) groups is 1. The molecule has 1 amide bonds. The van der Waals surface area contributed by atoms with Crippen LogP contribution >= 0.6 is 11.8 Å². The van der Waals surface area contributed by atoms with Crippen molar-refractivity contribution >= 4 is 43.6 Å². The Hall–Kier alpha value is -5.96. The van der Waals surface area contributed by atoms with E-state index in [-0.39, 0.29) is 53.3 Å². The van der Waals surface area contributed by atoms with Gasteiger partial charge in [-0.2, -0.15) is 11.8 Å². The topological polar surface area (TPSA) is 144 Å². The average Bonchev–Trinajstić information content (AvgIpc) is 3.28. The van der Waals surface area contributed by atoms with Crippen LogP contribution in [0.15, 0.2) is 127 Å². The van der Waals surface area contributed by atoms with E-state index in [2.05, 4.69) is 33.9 Å². The lowest BCUT2D eigenvalue weighted by molar-refractivity contribution is -0.384. The number of hydrogen-bond donors (Lipinski definition) is 0. The van der Waals surface area contributed by atoms with E-state index in [1.54, 1.807) is 19.2 Å². The largest absolute Gasteiger partial charge is 0.543 e. The molecule has 63 heavy (non-hydrogen) atoms. The number of esters is 2. The van der Waals surface area contributed by atoms with E-state index < -0.39 is 36.8 Å². The summed E-state index contributed by atoms with van der Waals surface area (Å²) in [7, 11) is 1.87. The van der Waals surface area contributed by atoms with Crippen LogP contribution in [0.25, 0.3) is 0 Å². The van der Waals surface area contributed by atoms with Gasteiger partial charge < -0.3 is 28.3 Å². The van der Waals surface area contributed by atoms with Crippen LogP contribution in [0, 0.1) is 10.1 Å². The summed E-state index contributed by atoms with van der Waals surface area (Å²) in [5.41, 5.74) is 2.90.